The van der Waals surface area contributed by atoms with Crippen molar-refractivity contribution in [3.05, 3.63) is 42.5 Å². The molecule has 2 heterocycles. The highest BCUT2D eigenvalue weighted by atomic mass is 15.3. The van der Waals surface area contributed by atoms with Crippen molar-refractivity contribution < 1.29 is 0 Å². The van der Waals surface area contributed by atoms with Gasteiger partial charge in [0.05, 0.1) is 0 Å². The molecule has 0 aliphatic carbocycles. The van der Waals surface area contributed by atoms with Crippen LogP contribution in [-0.2, 0) is 13.0 Å². The molecule has 8 nitrogen and oxygen atoms in total. The minimum absolute atomic E-state index is 0.798. The minimum atomic E-state index is 0.798. The zero-order chi connectivity index (χ0) is 20.3. The van der Waals surface area contributed by atoms with Crippen LogP contribution in [0.2, 0.25) is 0 Å². The van der Waals surface area contributed by atoms with E-state index in [0.29, 0.717) is 0 Å². The summed E-state index contributed by atoms with van der Waals surface area (Å²) in [6.45, 7) is 10.2. The molecule has 2 aromatic rings. The first-order valence-electron chi connectivity index (χ1n) is 10.6. The minimum Gasteiger partial charge on any atom is -0.369 e. The van der Waals surface area contributed by atoms with Gasteiger partial charge in [-0.25, -0.2) is 0 Å². The molecular formula is C21H34N8. The van der Waals surface area contributed by atoms with Gasteiger partial charge in [0.25, 0.3) is 0 Å². The number of hydrogen-bond donors (Lipinski definition) is 2. The van der Waals surface area contributed by atoms with Crippen LogP contribution in [0.3, 0.4) is 0 Å². The quantitative estimate of drug-likeness (QED) is 0.376. The summed E-state index contributed by atoms with van der Waals surface area (Å²) in [5.41, 5.74) is 1.33. The number of benzene rings is 1. The lowest BCUT2D eigenvalue weighted by atomic mass is 10.2. The zero-order valence-corrected chi connectivity index (χ0v) is 17.7. The van der Waals surface area contributed by atoms with E-state index in [-0.39, 0.29) is 0 Å². The summed E-state index contributed by atoms with van der Waals surface area (Å²) in [4.78, 5) is 9.33. The first kappa shape index (κ1) is 21.1. The third-order valence-corrected chi connectivity index (χ3v) is 5.32. The van der Waals surface area contributed by atoms with Crippen molar-refractivity contribution in [3.63, 3.8) is 0 Å². The molecule has 0 saturated carbocycles. The van der Waals surface area contributed by atoms with Crippen LogP contribution >= 0.6 is 0 Å². The first-order chi connectivity index (χ1) is 14.3. The molecule has 29 heavy (non-hydrogen) atoms. The van der Waals surface area contributed by atoms with Crippen LogP contribution in [0, 0.1) is 0 Å². The molecule has 1 aliphatic rings. The summed E-state index contributed by atoms with van der Waals surface area (Å²) in [7, 11) is 1.81. The average Bonchev–Trinajstić information content (AvgIpc) is 3.24. The molecule has 0 atom stereocenters. The lowest BCUT2D eigenvalue weighted by Gasteiger charge is -2.36. The molecule has 8 heteroatoms. The van der Waals surface area contributed by atoms with Crippen LogP contribution in [-0.4, -0.2) is 78.5 Å². The second-order valence-corrected chi connectivity index (χ2v) is 7.24. The van der Waals surface area contributed by atoms with Crippen molar-refractivity contribution in [2.75, 3.05) is 57.8 Å². The highest BCUT2D eigenvalue weighted by molar-refractivity contribution is 5.79. The van der Waals surface area contributed by atoms with E-state index in [0.717, 1.165) is 77.0 Å². The number of hydrogen-bond acceptors (Lipinski definition) is 5. The van der Waals surface area contributed by atoms with Gasteiger partial charge in [-0.1, -0.05) is 25.1 Å². The van der Waals surface area contributed by atoms with Crippen LogP contribution in [0.1, 0.15) is 19.2 Å². The Morgan fingerprint density at radius 1 is 1.03 bits per heavy atom. The van der Waals surface area contributed by atoms with Gasteiger partial charge in [-0.15, -0.1) is 10.2 Å². The number of aliphatic imine (C=N–C) groups is 1. The van der Waals surface area contributed by atoms with Gasteiger partial charge in [0.15, 0.2) is 5.96 Å². The second kappa shape index (κ2) is 11.4. The molecule has 1 aromatic carbocycles. The topological polar surface area (TPSA) is 73.6 Å². The van der Waals surface area contributed by atoms with E-state index in [1.807, 2.05) is 7.05 Å². The highest BCUT2D eigenvalue weighted by Crippen LogP contribution is 2.15. The van der Waals surface area contributed by atoms with Gasteiger partial charge in [0.1, 0.15) is 12.2 Å². The number of piperazine rings is 1. The van der Waals surface area contributed by atoms with E-state index in [1.54, 1.807) is 6.33 Å². The summed E-state index contributed by atoms with van der Waals surface area (Å²) in [6.07, 6.45) is 3.79. The van der Waals surface area contributed by atoms with E-state index in [4.69, 9.17) is 0 Å². The molecule has 0 bridgehead atoms. The number of anilines is 1. The molecule has 1 aliphatic heterocycles. The Bertz CT molecular complexity index is 734. The van der Waals surface area contributed by atoms with Crippen molar-refractivity contribution in [2.24, 2.45) is 4.99 Å². The van der Waals surface area contributed by atoms with Gasteiger partial charge in [-0.2, -0.15) is 0 Å². The summed E-state index contributed by atoms with van der Waals surface area (Å²) >= 11 is 0. The summed E-state index contributed by atoms with van der Waals surface area (Å²) in [5.74, 6) is 1.87. The Morgan fingerprint density at radius 3 is 2.52 bits per heavy atom. The molecule has 0 amide bonds. The maximum absolute atomic E-state index is 4.31. The smallest absolute Gasteiger partial charge is 0.191 e. The van der Waals surface area contributed by atoms with E-state index < -0.39 is 0 Å². The van der Waals surface area contributed by atoms with Gasteiger partial charge in [0.2, 0.25) is 0 Å². The normalized spacial score (nSPS) is 15.5. The monoisotopic (exact) mass is 398 g/mol. The van der Waals surface area contributed by atoms with Crippen LogP contribution in [0.5, 0.6) is 0 Å². The maximum atomic E-state index is 4.31. The van der Waals surface area contributed by atoms with Crippen molar-refractivity contribution in [1.29, 1.82) is 0 Å². The largest absolute Gasteiger partial charge is 0.369 e. The van der Waals surface area contributed by atoms with E-state index in [2.05, 4.69) is 77.4 Å². The summed E-state index contributed by atoms with van der Waals surface area (Å²) in [6, 6.07) is 10.7. The molecule has 3 rings (SSSR count). The second-order valence-electron chi connectivity index (χ2n) is 7.24. The predicted octanol–water partition coefficient (Wildman–Crippen LogP) is 1.22. The molecule has 1 aromatic heterocycles. The Balaban J connectivity index is 1.28. The lowest BCUT2D eigenvalue weighted by molar-refractivity contribution is 0.255. The fourth-order valence-corrected chi connectivity index (χ4v) is 3.63. The number of nitrogens with one attached hydrogen (secondary N) is 2. The number of para-hydroxylation sites is 1. The van der Waals surface area contributed by atoms with Gasteiger partial charge >= 0.3 is 0 Å². The number of guanidine groups is 1. The zero-order valence-electron chi connectivity index (χ0n) is 17.7. The van der Waals surface area contributed by atoms with Gasteiger partial charge in [0, 0.05) is 65.0 Å². The SMILES string of the molecule is CCc1nncn1CCNC(=NC)NCCCN1CCN(c2ccccc2)CC1. The highest BCUT2D eigenvalue weighted by Gasteiger charge is 2.16. The summed E-state index contributed by atoms with van der Waals surface area (Å²) < 4.78 is 2.08. The molecule has 1 fully saturated rings. The first-order valence-corrected chi connectivity index (χ1v) is 10.6. The number of rotatable bonds is 9. The van der Waals surface area contributed by atoms with Crippen molar-refractivity contribution >= 4 is 11.6 Å². The molecule has 2 N–H and O–H groups in total. The Labute approximate surface area is 174 Å². The predicted molar refractivity (Wildman–Crippen MR) is 118 cm³/mol. The summed E-state index contributed by atoms with van der Waals surface area (Å²) in [5, 5.41) is 14.9. The van der Waals surface area contributed by atoms with Gasteiger partial charge < -0.3 is 20.1 Å². The number of aryl methyl sites for hydroxylation is 1. The number of nitrogens with zero attached hydrogens (tertiary/aromatic N) is 6. The molecule has 1 saturated heterocycles. The van der Waals surface area contributed by atoms with Crippen LogP contribution < -0.4 is 15.5 Å². The fraction of sp³-hybridized carbons (Fsp3) is 0.571. The Morgan fingerprint density at radius 2 is 1.79 bits per heavy atom. The van der Waals surface area contributed by atoms with Gasteiger partial charge in [-0.3, -0.25) is 9.89 Å². The molecular weight excluding hydrogens is 364 g/mol. The number of aromatic nitrogens is 3. The Kier molecular flexibility index (Phi) is 8.30. The molecule has 0 unspecified atom stereocenters. The Hall–Kier alpha value is -2.61. The molecule has 0 spiro atoms. The molecule has 158 valence electrons. The maximum Gasteiger partial charge on any atom is 0.191 e. The standard InChI is InChI=1S/C21H34N8/c1-3-20-26-25-18-29(20)13-11-24-21(22-2)23-10-7-12-27-14-16-28(17-15-27)19-8-5-4-6-9-19/h4-6,8-9,18H,3,7,10-17H2,1-2H3,(H2,22,23,24). The van der Waals surface area contributed by atoms with Crippen LogP contribution in [0.4, 0.5) is 5.69 Å². The fourth-order valence-electron chi connectivity index (χ4n) is 3.63. The molecule has 0 radical (unpaired) electrons. The van der Waals surface area contributed by atoms with E-state index in [9.17, 15) is 0 Å². The van der Waals surface area contributed by atoms with Crippen LogP contribution in [0.25, 0.3) is 0 Å². The third kappa shape index (κ3) is 6.45. The van der Waals surface area contributed by atoms with E-state index >= 15 is 0 Å². The van der Waals surface area contributed by atoms with Crippen molar-refractivity contribution in [2.45, 2.75) is 26.3 Å². The van der Waals surface area contributed by atoms with Gasteiger partial charge in [-0.05, 0) is 25.1 Å². The lowest BCUT2D eigenvalue weighted by Crippen LogP contribution is -2.47. The van der Waals surface area contributed by atoms with Crippen molar-refractivity contribution in [3.8, 4) is 0 Å². The third-order valence-electron chi connectivity index (χ3n) is 5.32. The van der Waals surface area contributed by atoms with Crippen LogP contribution in [0.15, 0.2) is 41.7 Å². The van der Waals surface area contributed by atoms with Crippen molar-refractivity contribution in [1.82, 2.24) is 30.3 Å². The van der Waals surface area contributed by atoms with E-state index in [1.165, 1.54) is 5.69 Å². The average molecular weight is 399 g/mol.